The second kappa shape index (κ2) is 14.0. The van der Waals surface area contributed by atoms with Crippen LogP contribution in [0.25, 0.3) is 10.9 Å². The van der Waals surface area contributed by atoms with Crippen molar-refractivity contribution in [1.29, 1.82) is 0 Å². The number of anilines is 2. The van der Waals surface area contributed by atoms with Crippen LogP contribution in [0.3, 0.4) is 0 Å². The molecule has 1 aromatic heterocycles. The van der Waals surface area contributed by atoms with Crippen molar-refractivity contribution in [1.82, 2.24) is 14.4 Å². The smallest absolute Gasteiger partial charge is 0.321 e. The fourth-order valence-electron chi connectivity index (χ4n) is 5.77. The van der Waals surface area contributed by atoms with Crippen LogP contribution in [-0.2, 0) is 29.5 Å². The molecule has 0 unspecified atom stereocenters. The molecule has 3 N–H and O–H groups in total. The summed E-state index contributed by atoms with van der Waals surface area (Å²) in [6.45, 7) is 4.01. The molecule has 1 aliphatic rings. The molecule has 0 fully saturated rings. The highest BCUT2D eigenvalue weighted by atomic mass is 19.1. The lowest BCUT2D eigenvalue weighted by Gasteiger charge is -2.34. The zero-order valence-corrected chi connectivity index (χ0v) is 26.5. The SMILES string of the molecule is C[C@H]1CN([C@@H](C)CO)C(=O)Cc2cc(NC(=O)Cc3cn(C)c4ccccc34)ccc2O[C@H]1CN(C)C(=O)Nc1ccc(F)cc1. The number of fused-ring (bicyclic) bond motifs is 2. The van der Waals surface area contributed by atoms with Crippen molar-refractivity contribution in [2.75, 3.05) is 37.4 Å². The Kier molecular flexibility index (Phi) is 9.91. The van der Waals surface area contributed by atoms with Gasteiger partial charge in [-0.3, -0.25) is 9.59 Å². The number of hydrogen-bond donors (Lipinski definition) is 3. The number of aliphatic hydroxyl groups excluding tert-OH is 1. The highest BCUT2D eigenvalue weighted by molar-refractivity contribution is 5.96. The van der Waals surface area contributed by atoms with E-state index in [2.05, 4.69) is 10.6 Å². The molecule has 242 valence electrons. The van der Waals surface area contributed by atoms with Crippen LogP contribution in [-0.4, -0.2) is 76.2 Å². The number of aromatic nitrogens is 1. The fourth-order valence-corrected chi connectivity index (χ4v) is 5.77. The zero-order valence-electron chi connectivity index (χ0n) is 26.5. The molecule has 2 heterocycles. The van der Waals surface area contributed by atoms with Crippen LogP contribution in [0.4, 0.5) is 20.6 Å². The normalized spacial score (nSPS) is 17.3. The van der Waals surface area contributed by atoms with Gasteiger partial charge >= 0.3 is 6.03 Å². The maximum absolute atomic E-state index is 13.6. The van der Waals surface area contributed by atoms with Gasteiger partial charge in [0.25, 0.3) is 0 Å². The van der Waals surface area contributed by atoms with Gasteiger partial charge in [0.05, 0.1) is 32.0 Å². The van der Waals surface area contributed by atoms with Crippen molar-refractivity contribution in [3.8, 4) is 5.75 Å². The average Bonchev–Trinajstić information content (AvgIpc) is 3.36. The van der Waals surface area contributed by atoms with Gasteiger partial charge < -0.3 is 34.8 Å². The molecular weight excluding hydrogens is 589 g/mol. The van der Waals surface area contributed by atoms with Crippen molar-refractivity contribution >= 4 is 40.1 Å². The summed E-state index contributed by atoms with van der Waals surface area (Å²) in [5, 5.41) is 16.7. The van der Waals surface area contributed by atoms with Crippen LogP contribution in [0.1, 0.15) is 25.0 Å². The molecule has 0 saturated heterocycles. The standard InChI is InChI=1S/C35H40FN5O5/c1-22-18-41(23(2)21-42)34(44)17-24-15-28(37-33(43)16-25-19-39(3)30-8-6-5-7-29(25)30)13-14-31(24)46-32(22)20-40(4)35(45)38-27-11-9-26(36)10-12-27/h5-15,19,22-23,32,42H,16-18,20-21H2,1-4H3,(H,37,43)(H,38,45)/t22-,23-,32-/m0/s1. The zero-order chi connectivity index (χ0) is 33.0. The van der Waals surface area contributed by atoms with E-state index in [-0.39, 0.29) is 43.7 Å². The Hall–Kier alpha value is -4.90. The van der Waals surface area contributed by atoms with Crippen LogP contribution < -0.4 is 15.4 Å². The number of carbonyl (C=O) groups excluding carboxylic acids is 3. The monoisotopic (exact) mass is 629 g/mol. The number of benzene rings is 3. The Labute approximate surface area is 267 Å². The highest BCUT2D eigenvalue weighted by Gasteiger charge is 2.32. The van der Waals surface area contributed by atoms with E-state index in [0.717, 1.165) is 16.5 Å². The number of hydrogen-bond acceptors (Lipinski definition) is 5. The van der Waals surface area contributed by atoms with Crippen molar-refractivity contribution in [2.45, 2.75) is 38.8 Å². The van der Waals surface area contributed by atoms with E-state index >= 15 is 0 Å². The topological polar surface area (TPSA) is 116 Å². The van der Waals surface area contributed by atoms with Gasteiger partial charge in [0.1, 0.15) is 17.7 Å². The van der Waals surface area contributed by atoms with Crippen molar-refractivity contribution in [3.63, 3.8) is 0 Å². The van der Waals surface area contributed by atoms with E-state index in [1.807, 2.05) is 49.0 Å². The van der Waals surface area contributed by atoms with Crippen LogP contribution in [0.5, 0.6) is 5.75 Å². The van der Waals surface area contributed by atoms with E-state index in [1.165, 1.54) is 29.2 Å². The van der Waals surface area contributed by atoms with Crippen molar-refractivity contribution in [2.24, 2.45) is 13.0 Å². The number of rotatable bonds is 8. The number of nitrogens with one attached hydrogen (secondary N) is 2. The minimum Gasteiger partial charge on any atom is -0.488 e. The maximum atomic E-state index is 13.6. The number of para-hydroxylation sites is 1. The Morgan fingerprint density at radius 2 is 1.80 bits per heavy atom. The molecule has 3 aromatic carbocycles. The second-order valence-electron chi connectivity index (χ2n) is 12.0. The Morgan fingerprint density at radius 3 is 2.54 bits per heavy atom. The molecule has 10 nitrogen and oxygen atoms in total. The van der Waals surface area contributed by atoms with Gasteiger partial charge in [-0.2, -0.15) is 0 Å². The van der Waals surface area contributed by atoms with Gasteiger partial charge in [-0.05, 0) is 61.0 Å². The molecule has 1 aliphatic heterocycles. The van der Waals surface area contributed by atoms with Gasteiger partial charge in [0.2, 0.25) is 11.8 Å². The first kappa shape index (κ1) is 32.5. The van der Waals surface area contributed by atoms with Gasteiger partial charge in [0.15, 0.2) is 0 Å². The Balaban J connectivity index is 1.36. The van der Waals surface area contributed by atoms with Gasteiger partial charge in [-0.25, -0.2) is 9.18 Å². The van der Waals surface area contributed by atoms with Crippen LogP contribution >= 0.6 is 0 Å². The van der Waals surface area contributed by atoms with Crippen LogP contribution in [0, 0.1) is 11.7 Å². The lowest BCUT2D eigenvalue weighted by molar-refractivity contribution is -0.134. The first-order chi connectivity index (χ1) is 22.0. The molecule has 0 radical (unpaired) electrons. The molecule has 4 amide bonds. The molecule has 11 heteroatoms. The average molecular weight is 630 g/mol. The first-order valence-electron chi connectivity index (χ1n) is 15.3. The summed E-state index contributed by atoms with van der Waals surface area (Å²) in [4.78, 5) is 42.8. The number of likely N-dealkylation sites (N-methyl/N-ethyl adjacent to an activating group) is 1. The highest BCUT2D eigenvalue weighted by Crippen LogP contribution is 2.30. The number of carbonyl (C=O) groups is 3. The summed E-state index contributed by atoms with van der Waals surface area (Å²) in [5.74, 6) is -0.516. The predicted octanol–water partition coefficient (Wildman–Crippen LogP) is 4.81. The maximum Gasteiger partial charge on any atom is 0.321 e. The number of amides is 4. The Bertz CT molecular complexity index is 1720. The number of urea groups is 1. The second-order valence-corrected chi connectivity index (χ2v) is 12.0. The molecular formula is C35H40FN5O5. The molecule has 5 rings (SSSR count). The third kappa shape index (κ3) is 7.48. The third-order valence-electron chi connectivity index (χ3n) is 8.43. The van der Waals surface area contributed by atoms with Crippen molar-refractivity contribution < 1.29 is 28.6 Å². The first-order valence-corrected chi connectivity index (χ1v) is 15.3. The predicted molar refractivity (Wildman–Crippen MR) is 175 cm³/mol. The molecule has 0 bridgehead atoms. The summed E-state index contributed by atoms with van der Waals surface area (Å²) in [6.07, 6.45) is 1.62. The Morgan fingerprint density at radius 1 is 1.09 bits per heavy atom. The molecule has 0 spiro atoms. The van der Waals surface area contributed by atoms with Crippen LogP contribution in [0.2, 0.25) is 0 Å². The minimum absolute atomic E-state index is 0.00698. The van der Waals surface area contributed by atoms with E-state index in [1.54, 1.807) is 37.1 Å². The van der Waals surface area contributed by atoms with E-state index < -0.39 is 24.0 Å². The summed E-state index contributed by atoms with van der Waals surface area (Å²) in [7, 11) is 3.58. The van der Waals surface area contributed by atoms with Gasteiger partial charge in [-0.1, -0.05) is 25.1 Å². The molecule has 3 atom stereocenters. The molecule has 46 heavy (non-hydrogen) atoms. The molecule has 0 saturated carbocycles. The summed E-state index contributed by atoms with van der Waals surface area (Å²) >= 11 is 0. The molecule has 0 aliphatic carbocycles. The van der Waals surface area contributed by atoms with Crippen LogP contribution in [0.15, 0.2) is 72.9 Å². The van der Waals surface area contributed by atoms with Gasteiger partial charge in [-0.15, -0.1) is 0 Å². The number of aryl methyl sites for hydroxylation is 1. The third-order valence-corrected chi connectivity index (χ3v) is 8.43. The number of halogens is 1. The number of nitrogens with zero attached hydrogens (tertiary/aromatic N) is 3. The lowest BCUT2D eigenvalue weighted by atomic mass is 10.0. The largest absolute Gasteiger partial charge is 0.488 e. The quantitative estimate of drug-likeness (QED) is 0.259. The number of ether oxygens (including phenoxy) is 1. The van der Waals surface area contributed by atoms with Crippen molar-refractivity contribution in [3.05, 3.63) is 89.9 Å². The summed E-state index contributed by atoms with van der Waals surface area (Å²) in [5.41, 5.74) is 3.52. The minimum atomic E-state index is -0.520. The summed E-state index contributed by atoms with van der Waals surface area (Å²) in [6, 6.07) is 17.8. The van der Waals surface area contributed by atoms with E-state index in [4.69, 9.17) is 4.74 Å². The summed E-state index contributed by atoms with van der Waals surface area (Å²) < 4.78 is 21.8. The van der Waals surface area contributed by atoms with E-state index in [9.17, 15) is 23.9 Å². The molecule has 4 aromatic rings. The van der Waals surface area contributed by atoms with E-state index in [0.29, 0.717) is 29.2 Å². The van der Waals surface area contributed by atoms with Gasteiger partial charge in [0, 0.05) is 60.6 Å². The lowest BCUT2D eigenvalue weighted by Crippen LogP contribution is -2.48. The number of aliphatic hydroxyl groups is 1. The fraction of sp³-hybridized carbons (Fsp3) is 0.343.